The van der Waals surface area contributed by atoms with E-state index in [9.17, 15) is 33.6 Å². The third-order valence-electron chi connectivity index (χ3n) is 27.7. The molecule has 32 nitrogen and oxygen atoms in total. The van der Waals surface area contributed by atoms with Gasteiger partial charge in [-0.3, -0.25) is 33.6 Å². The van der Waals surface area contributed by atoms with Gasteiger partial charge in [-0.25, -0.2) is 24.9 Å². The smallest absolute Gasteiger partial charge is 0.306 e. The van der Waals surface area contributed by atoms with Gasteiger partial charge in [0.1, 0.15) is 79.3 Å². The lowest BCUT2D eigenvalue weighted by Crippen LogP contribution is -2.37. The Morgan fingerprint density at radius 3 is 1.08 bits per heavy atom. The van der Waals surface area contributed by atoms with Gasteiger partial charge in [-0.05, 0) is 301 Å². The molecule has 36 heteroatoms. The number of H-pyrrole nitrogens is 5. The fourth-order valence-corrected chi connectivity index (χ4v) is 20.6. The number of hydrogen-bond donors (Lipinski definition) is 11. The number of carbonyl (C=O) groups is 7. The number of halogens is 4. The summed E-state index contributed by atoms with van der Waals surface area (Å²) >= 11 is 22.7. The predicted molar refractivity (Wildman–Crippen MR) is 591 cm³/mol. The van der Waals surface area contributed by atoms with Crippen molar-refractivity contribution in [2.75, 3.05) is 66.9 Å². The third kappa shape index (κ3) is 29.0. The number of piperidine rings is 2. The molecule has 2 saturated heterocycles. The zero-order valence-electron chi connectivity index (χ0n) is 86.9. The van der Waals surface area contributed by atoms with E-state index in [1.54, 1.807) is 62.2 Å². The van der Waals surface area contributed by atoms with E-state index in [1.807, 2.05) is 179 Å². The van der Waals surface area contributed by atoms with Crippen LogP contribution in [0.2, 0.25) is 15.6 Å². The summed E-state index contributed by atoms with van der Waals surface area (Å²) in [4.78, 5) is 153. The summed E-state index contributed by atoms with van der Waals surface area (Å²) in [5.74, 6) is 4.06. The average Bonchev–Trinajstić information content (AvgIpc) is 1.64. The van der Waals surface area contributed by atoms with Crippen LogP contribution in [0.25, 0.3) is 55.2 Å². The molecule has 15 aromatic rings. The number of aromatic amines is 5. The van der Waals surface area contributed by atoms with E-state index >= 15 is 0 Å². The predicted octanol–water partition coefficient (Wildman–Crippen LogP) is 22.7. The van der Waals surface area contributed by atoms with Gasteiger partial charge < -0.3 is 76.5 Å². The van der Waals surface area contributed by atoms with Crippen LogP contribution in [0, 0.1) is 53.4 Å². The number of ketones is 4. The van der Waals surface area contributed by atoms with E-state index < -0.39 is 16.4 Å². The highest BCUT2D eigenvalue weighted by Gasteiger charge is 2.34. The van der Waals surface area contributed by atoms with Crippen LogP contribution < -0.4 is 32.3 Å². The first-order valence-corrected chi connectivity index (χ1v) is 52.7. The average molecular weight is 2100 g/mol. The number of ether oxygens (including phenoxy) is 2. The molecule has 5 aromatic carbocycles. The number of nitrogens with zero attached hydrogens (tertiary/aromatic N) is 12. The summed E-state index contributed by atoms with van der Waals surface area (Å²) in [5, 5.41) is 22.0. The number of aromatic nitrogens is 15. The number of anilines is 5. The Morgan fingerprint density at radius 2 is 0.705 bits per heavy atom. The van der Waals surface area contributed by atoms with Crippen molar-refractivity contribution in [3.05, 3.63) is 264 Å². The first-order chi connectivity index (χ1) is 71.3. The molecule has 10 aromatic heterocycles. The summed E-state index contributed by atoms with van der Waals surface area (Å²) in [7, 11) is 4.30. The second kappa shape index (κ2) is 49.8. The summed E-state index contributed by atoms with van der Waals surface area (Å²) < 4.78 is 11.0. The monoisotopic (exact) mass is 2100 g/mol. The molecule has 0 spiro atoms. The maximum absolute atomic E-state index is 13.7. The number of benzene rings is 5. The van der Waals surface area contributed by atoms with Gasteiger partial charge in [0.25, 0.3) is 5.24 Å². The number of carbonyl (C=O) groups excluding carboxylic acids is 7. The van der Waals surface area contributed by atoms with Gasteiger partial charge in [0, 0.05) is 108 Å². The van der Waals surface area contributed by atoms with Crippen LogP contribution in [-0.4, -0.2) is 213 Å². The Labute approximate surface area is 887 Å². The molecule has 12 heterocycles. The molecule has 20 rings (SSSR count). The molecular formula is C113H133Cl4N23O9. The molecule has 0 radical (unpaired) electrons. The number of rotatable bonds is 23. The largest absolute Gasteiger partial charge is 0.460 e. The van der Waals surface area contributed by atoms with Gasteiger partial charge >= 0.3 is 11.9 Å². The maximum Gasteiger partial charge on any atom is 0.306 e. The quantitative estimate of drug-likeness (QED) is 0.00931. The van der Waals surface area contributed by atoms with Crippen molar-refractivity contribution in [2.45, 2.75) is 246 Å². The molecule has 0 bridgehead atoms. The summed E-state index contributed by atoms with van der Waals surface area (Å²) in [6.07, 6.45) is 26.7. The minimum absolute atomic E-state index is 0.0160. The highest BCUT2D eigenvalue weighted by Crippen LogP contribution is 2.39. The molecule has 782 valence electrons. The van der Waals surface area contributed by atoms with Crippen LogP contribution >= 0.6 is 46.4 Å². The Kier molecular flexibility index (Phi) is 36.6. The Balaban J connectivity index is 0.000000141. The van der Waals surface area contributed by atoms with Crippen LogP contribution in [0.15, 0.2) is 165 Å². The van der Waals surface area contributed by atoms with Crippen LogP contribution in [0.3, 0.4) is 0 Å². The van der Waals surface area contributed by atoms with Gasteiger partial charge in [-0.1, -0.05) is 138 Å². The number of esters is 2. The van der Waals surface area contributed by atoms with Gasteiger partial charge in [-0.15, -0.1) is 0 Å². The van der Waals surface area contributed by atoms with Crippen molar-refractivity contribution in [3.63, 3.8) is 0 Å². The van der Waals surface area contributed by atoms with E-state index in [0.29, 0.717) is 160 Å². The molecule has 12 N–H and O–H groups in total. The fraction of sp³-hybridized carbons (Fsp3) is 0.407. The molecule has 3 saturated carbocycles. The maximum atomic E-state index is 13.7. The Hall–Kier alpha value is -13.5. The van der Waals surface area contributed by atoms with E-state index in [0.717, 1.165) is 184 Å². The lowest BCUT2D eigenvalue weighted by Gasteiger charge is -2.31. The van der Waals surface area contributed by atoms with Gasteiger partial charge in [0.05, 0.1) is 49.2 Å². The molecule has 0 atom stereocenters. The van der Waals surface area contributed by atoms with Crippen molar-refractivity contribution in [3.8, 4) is 0 Å². The van der Waals surface area contributed by atoms with Gasteiger partial charge in [0.15, 0.2) is 23.1 Å². The van der Waals surface area contributed by atoms with Crippen LogP contribution in [0.4, 0.5) is 29.4 Å². The first-order valence-electron chi connectivity index (χ1n) is 51.1. The van der Waals surface area contributed by atoms with Crippen molar-refractivity contribution < 1.29 is 43.0 Å². The highest BCUT2D eigenvalue weighted by atomic mass is 35.5. The van der Waals surface area contributed by atoms with E-state index in [2.05, 4.69) is 105 Å². The van der Waals surface area contributed by atoms with Crippen molar-refractivity contribution in [1.29, 1.82) is 0 Å². The number of hydrogen-bond acceptors (Lipinski definition) is 27. The third-order valence-corrected chi connectivity index (χ3v) is 28.6. The zero-order chi connectivity index (χ0) is 106. The van der Waals surface area contributed by atoms with E-state index in [1.165, 1.54) is 6.33 Å². The molecule has 0 amide bonds. The number of aryl methyl sites for hydroxylation is 6. The van der Waals surface area contributed by atoms with E-state index in [4.69, 9.17) is 81.5 Å². The minimum Gasteiger partial charge on any atom is -0.460 e. The fourth-order valence-electron chi connectivity index (χ4n) is 19.6. The molecule has 0 unspecified atom stereocenters. The SMILES string of the molecule is Cc1ccccc1C(=O)Cl.Cc1ccccc1C(=O)c1c[nH]c2nc(NC3CCN(C)CC3)nc(NC3CCC(CC(=O)OC(C)(C)C)CC3)c12.Cc1ccccc1C(=O)c1c[nH]c2nc(NC3CCN(C)CC3)nc(NC3CCC(N)CC3)c12.Cc1ccccc1C(=O)c1c[nH]c2ncnc(NC3CCC(CC(=O)OC(C)(C)C)CC3)c12.Cc1nc(Cl)c2c(C(=O)c3ccccc3C)c[nH]c2n1.Clc1nc(Cl)c2cc[nH]c2n1. The van der Waals surface area contributed by atoms with Crippen molar-refractivity contribution in [2.24, 2.45) is 17.6 Å². The van der Waals surface area contributed by atoms with Crippen LogP contribution in [-0.2, 0) is 19.1 Å². The zero-order valence-corrected chi connectivity index (χ0v) is 89.9. The number of fused-ring (bicyclic) bond motifs is 5. The molecule has 149 heavy (non-hydrogen) atoms. The standard InChI is InChI=1S/C32H44N6O3.C26H35N7O.C26H32N4O3.C15H12ClN3O.C8H7ClO.C6H3Cl2N3/c1-20-8-6-7-9-24(20)28(40)25-19-33-29-27(25)30(37-31(36-29)35-23-14-16-38(5)17-15-23)34-22-12-10-21(11-13-22)18-26(39)41-32(2,3)4;1-16-5-3-4-6-20(16)23(34)21-15-28-24-22(21)25(29-18-9-7-17(27)8-10-18)32-26(31-24)30-19-11-13-33(2)14-12-19;1-16-7-5-6-8-19(16)23(32)20-14-27-24-22(20)25(29-15-28-24)30-18-11-9-17(10-12-18)13-21(31)33-26(2,3)4;1-8-5-3-4-6-10(8)13(20)11-7-17-15-12(11)14(16)18-9(2)19-15;1-6-4-2-3-5-7(6)8(9)10;7-4-3-1-2-9-5(3)11-6(8)10-4/h6-9,19,21-23H,10-18H2,1-5H3,(H3,33,34,35,36,37);3-6,15,17-19H,7-14,27H2,1-2H3,(H3,28,29,30,31,32);5-8,14-15,17-18H,9-13H2,1-4H3,(H2,27,28,29,30);3-7H,1-2H3,(H,17,18,19);2-5H,1H3;1-2H,(H,9,10,11). The second-order valence-corrected chi connectivity index (χ2v) is 42.9. The molecule has 5 fully saturated rings. The normalized spacial score (nSPS) is 17.8. The molecular weight excluding hydrogens is 1970 g/mol. The Bertz CT molecular complexity index is 7270. The molecule has 2 aliphatic heterocycles. The van der Waals surface area contributed by atoms with Gasteiger partial charge in [-0.2, -0.15) is 24.9 Å². The number of nitrogens with one attached hydrogen (secondary N) is 10. The van der Waals surface area contributed by atoms with Crippen molar-refractivity contribution >= 4 is 171 Å². The summed E-state index contributed by atoms with van der Waals surface area (Å²) in [6, 6.07) is 41.1. The minimum atomic E-state index is -0.461. The van der Waals surface area contributed by atoms with Crippen molar-refractivity contribution in [1.82, 2.24) is 84.6 Å². The lowest BCUT2D eigenvalue weighted by atomic mass is 9.84. The molecule has 3 aliphatic carbocycles. The topological polar surface area (TPSA) is 438 Å². The number of nitrogens with two attached hydrogens (primary N) is 1. The summed E-state index contributed by atoms with van der Waals surface area (Å²) in [6.45, 7) is 27.0. The Morgan fingerprint density at radius 1 is 0.362 bits per heavy atom. The lowest BCUT2D eigenvalue weighted by molar-refractivity contribution is -0.157. The second-order valence-electron chi connectivity index (χ2n) is 41.5. The van der Waals surface area contributed by atoms with Gasteiger partial charge in [0.2, 0.25) is 17.2 Å². The number of likely N-dealkylation sites (tertiary alicyclic amines) is 2. The molecule has 5 aliphatic rings. The highest BCUT2D eigenvalue weighted by molar-refractivity contribution is 6.68. The summed E-state index contributed by atoms with van der Waals surface area (Å²) in [5.41, 5.74) is 18.6. The van der Waals surface area contributed by atoms with E-state index in [-0.39, 0.29) is 64.5 Å². The first kappa shape index (κ1) is 110. The van der Waals surface area contributed by atoms with Crippen LogP contribution in [0.1, 0.15) is 265 Å². The van der Waals surface area contributed by atoms with Crippen LogP contribution in [0.5, 0.6) is 0 Å².